The molecule has 0 spiro atoms. The summed E-state index contributed by atoms with van der Waals surface area (Å²) in [5.74, 6) is 2.48. The summed E-state index contributed by atoms with van der Waals surface area (Å²) in [6.45, 7) is 0. The molecule has 1 aliphatic rings. The summed E-state index contributed by atoms with van der Waals surface area (Å²) < 4.78 is 1.38. The van der Waals surface area contributed by atoms with Gasteiger partial charge in [0.25, 0.3) is 0 Å². The zero-order valence-electron chi connectivity index (χ0n) is 3.98. The van der Waals surface area contributed by atoms with E-state index in [2.05, 4.69) is 22.0 Å². The minimum atomic E-state index is 1.20. The Bertz CT molecular complexity index is 88.1. The van der Waals surface area contributed by atoms with E-state index in [9.17, 15) is 0 Å². The van der Waals surface area contributed by atoms with Gasteiger partial charge in [-0.05, 0) is 16.7 Å². The second-order valence-electron chi connectivity index (χ2n) is 1.48. The van der Waals surface area contributed by atoms with Crippen molar-refractivity contribution >= 4 is 27.7 Å². The quantitative estimate of drug-likeness (QED) is 0.550. The van der Waals surface area contributed by atoms with Crippen molar-refractivity contribution in [3.05, 3.63) is 10.6 Å². The van der Waals surface area contributed by atoms with Gasteiger partial charge in [0.2, 0.25) is 0 Å². The van der Waals surface area contributed by atoms with E-state index in [-0.39, 0.29) is 0 Å². The van der Waals surface area contributed by atoms with Gasteiger partial charge < -0.3 is 0 Å². The van der Waals surface area contributed by atoms with Crippen LogP contribution in [0.2, 0.25) is 0 Å². The van der Waals surface area contributed by atoms with Crippen molar-refractivity contribution in [2.75, 3.05) is 11.5 Å². The van der Waals surface area contributed by atoms with Gasteiger partial charge in [-0.25, -0.2) is 0 Å². The summed E-state index contributed by atoms with van der Waals surface area (Å²) in [6.07, 6.45) is 3.46. The molecule has 1 aliphatic heterocycles. The minimum absolute atomic E-state index is 1.20. The normalized spacial score (nSPS) is 21.6. The number of rotatable bonds is 0. The topological polar surface area (TPSA) is 0 Å². The first-order chi connectivity index (χ1) is 3.39. The third-order valence-electron chi connectivity index (χ3n) is 0.908. The molecule has 0 saturated heterocycles. The zero-order valence-corrected chi connectivity index (χ0v) is 6.39. The Balaban J connectivity index is 2.40. The number of halogens is 1. The third kappa shape index (κ3) is 1.87. The summed E-state index contributed by atoms with van der Waals surface area (Å²) in [6, 6.07) is 0. The van der Waals surface area contributed by atoms with E-state index < -0.39 is 0 Å². The van der Waals surface area contributed by atoms with Crippen molar-refractivity contribution < 1.29 is 0 Å². The van der Waals surface area contributed by atoms with Gasteiger partial charge in [0, 0.05) is 5.75 Å². The van der Waals surface area contributed by atoms with Crippen LogP contribution in [0.4, 0.5) is 0 Å². The lowest BCUT2D eigenvalue weighted by Crippen LogP contribution is -1.88. The lowest BCUT2D eigenvalue weighted by molar-refractivity contribution is 1.20. The summed E-state index contributed by atoms with van der Waals surface area (Å²) in [5, 5.41) is 0. The van der Waals surface area contributed by atoms with Gasteiger partial charge >= 0.3 is 0 Å². The van der Waals surface area contributed by atoms with Gasteiger partial charge in [-0.3, -0.25) is 0 Å². The van der Waals surface area contributed by atoms with Crippen LogP contribution in [0.5, 0.6) is 0 Å². The molecule has 0 fully saturated rings. The molecular weight excluding hydrogens is 172 g/mol. The fourth-order valence-electron chi connectivity index (χ4n) is 0.504. The second-order valence-corrected chi connectivity index (χ2v) is 3.64. The van der Waals surface area contributed by atoms with Crippen LogP contribution in [0.25, 0.3) is 0 Å². The van der Waals surface area contributed by atoms with Crippen LogP contribution >= 0.6 is 27.7 Å². The highest BCUT2D eigenvalue weighted by Gasteiger charge is 1.97. The summed E-state index contributed by atoms with van der Waals surface area (Å²) in [7, 11) is 0. The van der Waals surface area contributed by atoms with E-state index in [1.807, 2.05) is 11.8 Å². The molecule has 1 heterocycles. The van der Waals surface area contributed by atoms with Crippen LogP contribution in [0.1, 0.15) is 6.42 Å². The van der Waals surface area contributed by atoms with Gasteiger partial charge in [-0.1, -0.05) is 22.0 Å². The first kappa shape index (κ1) is 5.70. The molecule has 0 aromatic rings. The molecule has 2 heteroatoms. The standard InChI is InChI=1S/C5H7BrS/c6-5-1-3-7-4-2-5/h1H,2-4H2. The van der Waals surface area contributed by atoms with Gasteiger partial charge in [0.1, 0.15) is 0 Å². The Kier molecular flexibility index (Phi) is 2.26. The van der Waals surface area contributed by atoms with E-state index in [4.69, 9.17) is 0 Å². The molecule has 7 heavy (non-hydrogen) atoms. The van der Waals surface area contributed by atoms with Crippen LogP contribution in [-0.2, 0) is 0 Å². The maximum Gasteiger partial charge on any atom is 0.0124 e. The van der Waals surface area contributed by atoms with Crippen LogP contribution in [-0.4, -0.2) is 11.5 Å². The largest absolute Gasteiger partial charge is 0.157 e. The fraction of sp³-hybridized carbons (Fsp3) is 0.600. The highest BCUT2D eigenvalue weighted by atomic mass is 79.9. The van der Waals surface area contributed by atoms with E-state index >= 15 is 0 Å². The number of allylic oxidation sites excluding steroid dienone is 1. The first-order valence-corrected chi connectivity index (χ1v) is 4.26. The molecule has 40 valence electrons. The second kappa shape index (κ2) is 2.78. The predicted molar refractivity (Wildman–Crippen MR) is 39.0 cm³/mol. The SMILES string of the molecule is BrC1=CCSCC1. The van der Waals surface area contributed by atoms with Crippen molar-refractivity contribution in [2.24, 2.45) is 0 Å². The summed E-state index contributed by atoms with van der Waals surface area (Å²) in [5.41, 5.74) is 0. The molecule has 1 rings (SSSR count). The molecule has 0 unspecified atom stereocenters. The molecule has 0 bridgehead atoms. The van der Waals surface area contributed by atoms with Crippen LogP contribution < -0.4 is 0 Å². The molecule has 0 N–H and O–H groups in total. The molecule has 0 amide bonds. The molecule has 0 radical (unpaired) electrons. The van der Waals surface area contributed by atoms with Crippen LogP contribution in [0, 0.1) is 0 Å². The van der Waals surface area contributed by atoms with E-state index in [0.29, 0.717) is 0 Å². The van der Waals surface area contributed by atoms with Crippen LogP contribution in [0.3, 0.4) is 0 Å². The van der Waals surface area contributed by atoms with E-state index in [1.165, 1.54) is 22.4 Å². The number of hydrogen-bond acceptors (Lipinski definition) is 1. The highest BCUT2D eigenvalue weighted by Crippen LogP contribution is 2.20. The molecule has 0 nitrogen and oxygen atoms in total. The van der Waals surface area contributed by atoms with Gasteiger partial charge in [-0.15, -0.1) is 0 Å². The first-order valence-electron chi connectivity index (χ1n) is 2.32. The molecule has 0 aromatic heterocycles. The molecule has 0 aromatic carbocycles. The molecular formula is C5H7BrS. The number of thioether (sulfide) groups is 1. The predicted octanol–water partition coefficient (Wildman–Crippen LogP) is 2.40. The Labute approximate surface area is 56.5 Å². The summed E-state index contributed by atoms with van der Waals surface area (Å²) in [4.78, 5) is 0. The molecule has 0 aliphatic carbocycles. The Morgan fingerprint density at radius 2 is 2.57 bits per heavy atom. The lowest BCUT2D eigenvalue weighted by Gasteiger charge is -2.03. The smallest absolute Gasteiger partial charge is 0.0124 e. The van der Waals surface area contributed by atoms with Gasteiger partial charge in [0.05, 0.1) is 0 Å². The van der Waals surface area contributed by atoms with E-state index in [0.717, 1.165) is 0 Å². The van der Waals surface area contributed by atoms with Crippen molar-refractivity contribution in [3.8, 4) is 0 Å². The Morgan fingerprint density at radius 1 is 1.71 bits per heavy atom. The zero-order chi connectivity index (χ0) is 5.11. The van der Waals surface area contributed by atoms with Gasteiger partial charge in [0.15, 0.2) is 0 Å². The van der Waals surface area contributed by atoms with Crippen molar-refractivity contribution in [3.63, 3.8) is 0 Å². The van der Waals surface area contributed by atoms with Gasteiger partial charge in [-0.2, -0.15) is 11.8 Å². The monoisotopic (exact) mass is 178 g/mol. The Hall–Kier alpha value is 0.570. The van der Waals surface area contributed by atoms with Crippen molar-refractivity contribution in [1.82, 2.24) is 0 Å². The molecule has 0 saturated carbocycles. The maximum atomic E-state index is 3.44. The fourth-order valence-corrected chi connectivity index (χ4v) is 2.19. The van der Waals surface area contributed by atoms with E-state index in [1.54, 1.807) is 0 Å². The highest BCUT2D eigenvalue weighted by molar-refractivity contribution is 9.11. The minimum Gasteiger partial charge on any atom is -0.157 e. The Morgan fingerprint density at radius 3 is 2.86 bits per heavy atom. The molecule has 0 atom stereocenters. The average Bonchev–Trinajstić information content (AvgIpc) is 1.69. The number of hydrogen-bond donors (Lipinski definition) is 0. The average molecular weight is 179 g/mol. The summed E-state index contributed by atoms with van der Waals surface area (Å²) >= 11 is 5.43. The lowest BCUT2D eigenvalue weighted by atomic mass is 10.4. The third-order valence-corrected chi connectivity index (χ3v) is 2.52. The maximum absolute atomic E-state index is 3.44. The van der Waals surface area contributed by atoms with Crippen LogP contribution in [0.15, 0.2) is 10.6 Å². The van der Waals surface area contributed by atoms with Crippen molar-refractivity contribution in [2.45, 2.75) is 6.42 Å². The van der Waals surface area contributed by atoms with Crippen molar-refractivity contribution in [1.29, 1.82) is 0 Å².